The minimum absolute atomic E-state index is 0.286. The third-order valence-corrected chi connectivity index (χ3v) is 3.99. The van der Waals surface area contributed by atoms with Gasteiger partial charge in [-0.1, -0.05) is 18.2 Å². The quantitative estimate of drug-likeness (QED) is 0.864. The Morgan fingerprint density at radius 2 is 2.11 bits per heavy atom. The first kappa shape index (κ1) is 11.7. The number of para-hydroxylation sites is 1. The van der Waals surface area contributed by atoms with E-state index >= 15 is 0 Å². The first-order chi connectivity index (χ1) is 8.84. The normalized spacial score (nSPS) is 23.9. The Kier molecular flexibility index (Phi) is 3.33. The van der Waals surface area contributed by atoms with Crippen molar-refractivity contribution in [3.63, 3.8) is 0 Å². The van der Waals surface area contributed by atoms with Crippen LogP contribution in [-0.4, -0.2) is 25.0 Å². The van der Waals surface area contributed by atoms with E-state index in [-0.39, 0.29) is 5.91 Å². The number of aryl methyl sites for hydroxylation is 1. The van der Waals surface area contributed by atoms with Crippen molar-refractivity contribution < 1.29 is 4.79 Å². The highest BCUT2D eigenvalue weighted by Crippen LogP contribution is 2.27. The van der Waals surface area contributed by atoms with Crippen LogP contribution in [0.3, 0.4) is 0 Å². The second-order valence-corrected chi connectivity index (χ2v) is 5.28. The standard InChI is InChI=1S/C15H20N2O/c18-15-9-3-6-12-5-1-2-8-14(12)17(15)11-13-7-4-10-16-13/h1-2,5,8,13,16H,3-4,6-7,9-11H2/t13-/m0/s1. The second kappa shape index (κ2) is 5.11. The van der Waals surface area contributed by atoms with E-state index in [1.165, 1.54) is 18.4 Å². The zero-order valence-electron chi connectivity index (χ0n) is 10.7. The van der Waals surface area contributed by atoms with Crippen LogP contribution in [0.4, 0.5) is 5.69 Å². The van der Waals surface area contributed by atoms with Gasteiger partial charge in [0, 0.05) is 24.7 Å². The van der Waals surface area contributed by atoms with Gasteiger partial charge in [-0.25, -0.2) is 0 Å². The maximum Gasteiger partial charge on any atom is 0.227 e. The molecule has 1 N–H and O–H groups in total. The van der Waals surface area contributed by atoms with Crippen molar-refractivity contribution in [2.45, 2.75) is 38.1 Å². The van der Waals surface area contributed by atoms with Crippen LogP contribution in [0.5, 0.6) is 0 Å². The predicted octanol–water partition coefficient (Wildman–Crippen LogP) is 2.11. The topological polar surface area (TPSA) is 32.3 Å². The molecule has 96 valence electrons. The summed E-state index contributed by atoms with van der Waals surface area (Å²) < 4.78 is 0. The Morgan fingerprint density at radius 1 is 1.22 bits per heavy atom. The van der Waals surface area contributed by atoms with Crippen LogP contribution < -0.4 is 10.2 Å². The summed E-state index contributed by atoms with van der Waals surface area (Å²) in [7, 11) is 0. The van der Waals surface area contributed by atoms with Gasteiger partial charge in [0.05, 0.1) is 0 Å². The first-order valence-corrected chi connectivity index (χ1v) is 6.96. The van der Waals surface area contributed by atoms with Crippen molar-refractivity contribution in [3.05, 3.63) is 29.8 Å². The minimum atomic E-state index is 0.286. The van der Waals surface area contributed by atoms with Gasteiger partial charge in [0.15, 0.2) is 0 Å². The Morgan fingerprint density at radius 3 is 2.94 bits per heavy atom. The van der Waals surface area contributed by atoms with Gasteiger partial charge in [-0.2, -0.15) is 0 Å². The zero-order valence-corrected chi connectivity index (χ0v) is 10.7. The number of benzene rings is 1. The molecule has 0 unspecified atom stereocenters. The molecule has 1 aromatic rings. The lowest BCUT2D eigenvalue weighted by molar-refractivity contribution is -0.118. The summed E-state index contributed by atoms with van der Waals surface area (Å²) in [4.78, 5) is 14.3. The summed E-state index contributed by atoms with van der Waals surface area (Å²) in [6, 6.07) is 8.82. The highest BCUT2D eigenvalue weighted by molar-refractivity contribution is 5.94. The molecule has 1 saturated heterocycles. The molecule has 3 nitrogen and oxygen atoms in total. The summed E-state index contributed by atoms with van der Waals surface area (Å²) >= 11 is 0. The number of nitrogens with one attached hydrogen (secondary N) is 1. The molecule has 0 aliphatic carbocycles. The number of fused-ring (bicyclic) bond motifs is 1. The Hall–Kier alpha value is -1.35. The molecule has 0 bridgehead atoms. The monoisotopic (exact) mass is 244 g/mol. The number of amides is 1. The molecule has 18 heavy (non-hydrogen) atoms. The zero-order chi connectivity index (χ0) is 12.4. The first-order valence-electron chi connectivity index (χ1n) is 6.96. The maximum atomic E-state index is 12.3. The molecule has 1 fully saturated rings. The molecule has 3 heteroatoms. The lowest BCUT2D eigenvalue weighted by atomic mass is 10.1. The molecule has 1 aromatic carbocycles. The van der Waals surface area contributed by atoms with E-state index in [0.29, 0.717) is 12.5 Å². The van der Waals surface area contributed by atoms with Gasteiger partial charge in [0.25, 0.3) is 0 Å². The highest BCUT2D eigenvalue weighted by atomic mass is 16.2. The SMILES string of the molecule is O=C1CCCc2ccccc2N1C[C@@H]1CCCN1. The van der Waals surface area contributed by atoms with Gasteiger partial charge >= 0.3 is 0 Å². The Balaban J connectivity index is 1.87. The third kappa shape index (κ3) is 2.27. The van der Waals surface area contributed by atoms with Gasteiger partial charge in [0.1, 0.15) is 0 Å². The minimum Gasteiger partial charge on any atom is -0.312 e. The second-order valence-electron chi connectivity index (χ2n) is 5.28. The summed E-state index contributed by atoms with van der Waals surface area (Å²) in [6.07, 6.45) is 5.10. The van der Waals surface area contributed by atoms with E-state index in [2.05, 4.69) is 23.5 Å². The number of rotatable bonds is 2. The van der Waals surface area contributed by atoms with E-state index in [0.717, 1.165) is 31.6 Å². The third-order valence-electron chi connectivity index (χ3n) is 3.99. The summed E-state index contributed by atoms with van der Waals surface area (Å²) in [5.74, 6) is 0.286. The van der Waals surface area contributed by atoms with Gasteiger partial charge in [0.2, 0.25) is 5.91 Å². The van der Waals surface area contributed by atoms with Crippen molar-refractivity contribution in [1.29, 1.82) is 0 Å². The van der Waals surface area contributed by atoms with Gasteiger partial charge < -0.3 is 10.2 Å². The van der Waals surface area contributed by atoms with Crippen LogP contribution in [0.25, 0.3) is 0 Å². The Bertz CT molecular complexity index is 438. The predicted molar refractivity (Wildman–Crippen MR) is 72.8 cm³/mol. The van der Waals surface area contributed by atoms with Crippen LogP contribution >= 0.6 is 0 Å². The van der Waals surface area contributed by atoms with Crippen LogP contribution in [-0.2, 0) is 11.2 Å². The van der Waals surface area contributed by atoms with Gasteiger partial charge in [-0.05, 0) is 43.9 Å². The number of nitrogens with zero attached hydrogens (tertiary/aromatic N) is 1. The van der Waals surface area contributed by atoms with Gasteiger partial charge in [-0.3, -0.25) is 4.79 Å². The average Bonchev–Trinajstić information content (AvgIpc) is 2.84. The van der Waals surface area contributed by atoms with E-state index in [9.17, 15) is 4.79 Å². The number of anilines is 1. The van der Waals surface area contributed by atoms with Crippen LogP contribution in [0.2, 0.25) is 0 Å². The van der Waals surface area contributed by atoms with Crippen molar-refractivity contribution in [1.82, 2.24) is 5.32 Å². The molecular weight excluding hydrogens is 224 g/mol. The van der Waals surface area contributed by atoms with E-state index in [1.807, 2.05) is 11.0 Å². The highest BCUT2D eigenvalue weighted by Gasteiger charge is 2.25. The molecule has 0 saturated carbocycles. The molecule has 2 heterocycles. The molecule has 2 aliphatic rings. The molecule has 0 aromatic heterocycles. The smallest absolute Gasteiger partial charge is 0.227 e. The lowest BCUT2D eigenvalue weighted by Gasteiger charge is -2.26. The largest absolute Gasteiger partial charge is 0.312 e. The van der Waals surface area contributed by atoms with Crippen molar-refractivity contribution in [2.75, 3.05) is 18.0 Å². The van der Waals surface area contributed by atoms with Crippen LogP contribution in [0.1, 0.15) is 31.2 Å². The fourth-order valence-electron chi connectivity index (χ4n) is 3.02. The maximum absolute atomic E-state index is 12.3. The molecule has 0 spiro atoms. The average molecular weight is 244 g/mol. The summed E-state index contributed by atoms with van der Waals surface area (Å²) in [5, 5.41) is 3.48. The fraction of sp³-hybridized carbons (Fsp3) is 0.533. The van der Waals surface area contributed by atoms with Crippen LogP contribution in [0, 0.1) is 0 Å². The van der Waals surface area contributed by atoms with E-state index < -0.39 is 0 Å². The van der Waals surface area contributed by atoms with Crippen molar-refractivity contribution in [3.8, 4) is 0 Å². The van der Waals surface area contributed by atoms with E-state index in [1.54, 1.807) is 0 Å². The molecule has 0 radical (unpaired) electrons. The molecule has 3 rings (SSSR count). The number of carbonyl (C=O) groups is 1. The summed E-state index contributed by atoms with van der Waals surface area (Å²) in [6.45, 7) is 1.92. The molecular formula is C15H20N2O. The fourth-order valence-corrected chi connectivity index (χ4v) is 3.02. The van der Waals surface area contributed by atoms with Crippen molar-refractivity contribution >= 4 is 11.6 Å². The molecule has 2 aliphatic heterocycles. The molecule has 1 amide bonds. The van der Waals surface area contributed by atoms with Crippen molar-refractivity contribution in [2.24, 2.45) is 0 Å². The van der Waals surface area contributed by atoms with Crippen LogP contribution in [0.15, 0.2) is 24.3 Å². The van der Waals surface area contributed by atoms with Gasteiger partial charge in [-0.15, -0.1) is 0 Å². The number of carbonyl (C=O) groups excluding carboxylic acids is 1. The lowest BCUT2D eigenvalue weighted by Crippen LogP contribution is -2.41. The molecule has 1 atom stereocenters. The summed E-state index contributed by atoms with van der Waals surface area (Å²) in [5.41, 5.74) is 2.45. The Labute approximate surface area is 108 Å². The van der Waals surface area contributed by atoms with E-state index in [4.69, 9.17) is 0 Å². The number of hydrogen-bond donors (Lipinski definition) is 1. The number of hydrogen-bond acceptors (Lipinski definition) is 2.